The smallest absolute Gasteiger partial charge is 0.237 e. The maximum atomic E-state index is 5.15. The third-order valence-corrected chi connectivity index (χ3v) is 2.18. The van der Waals surface area contributed by atoms with E-state index in [0.29, 0.717) is 11.6 Å². The highest BCUT2D eigenvalue weighted by atomic mass is 16.5. The van der Waals surface area contributed by atoms with Gasteiger partial charge in [-0.1, -0.05) is 0 Å². The van der Waals surface area contributed by atoms with Gasteiger partial charge in [-0.2, -0.15) is 15.4 Å². The van der Waals surface area contributed by atoms with Crippen LogP contribution in [-0.2, 0) is 0 Å². The van der Waals surface area contributed by atoms with Gasteiger partial charge in [0.2, 0.25) is 5.88 Å². The molecular formula is C9H12N6O. The van der Waals surface area contributed by atoms with Gasteiger partial charge in [0.1, 0.15) is 17.4 Å². The fraction of sp³-hybridized carbons (Fsp3) is 0.333. The maximum Gasteiger partial charge on any atom is 0.237 e. The van der Waals surface area contributed by atoms with Gasteiger partial charge < -0.3 is 10.1 Å². The summed E-state index contributed by atoms with van der Waals surface area (Å²) in [5, 5.41) is 13.4. The predicted octanol–water partition coefficient (Wildman–Crippen LogP) is -0.0879. The highest BCUT2D eigenvalue weighted by Crippen LogP contribution is 2.23. The van der Waals surface area contributed by atoms with Gasteiger partial charge in [-0.3, -0.25) is 4.98 Å². The van der Waals surface area contributed by atoms with Crippen molar-refractivity contribution in [3.05, 3.63) is 30.0 Å². The number of rotatable bonds is 4. The Labute approximate surface area is 92.3 Å². The van der Waals surface area contributed by atoms with Crippen LogP contribution < -0.4 is 10.1 Å². The van der Waals surface area contributed by atoms with Crippen molar-refractivity contribution < 1.29 is 4.74 Å². The lowest BCUT2D eigenvalue weighted by Gasteiger charge is -2.14. The highest BCUT2D eigenvalue weighted by Gasteiger charge is 2.20. The molecule has 0 radical (unpaired) electrons. The first-order valence-corrected chi connectivity index (χ1v) is 4.74. The monoisotopic (exact) mass is 220 g/mol. The number of hydrogen-bond acceptors (Lipinski definition) is 6. The third-order valence-electron chi connectivity index (χ3n) is 2.18. The number of hydrogen-bond donors (Lipinski definition) is 2. The van der Waals surface area contributed by atoms with Gasteiger partial charge >= 0.3 is 0 Å². The molecule has 2 N–H and O–H groups in total. The molecule has 2 aromatic heterocycles. The molecule has 0 amide bonds. The zero-order chi connectivity index (χ0) is 11.4. The molecule has 0 aromatic carbocycles. The molecule has 7 nitrogen and oxygen atoms in total. The van der Waals surface area contributed by atoms with Crippen molar-refractivity contribution in [3.63, 3.8) is 0 Å². The number of nitrogens with zero attached hydrogens (tertiary/aromatic N) is 4. The van der Waals surface area contributed by atoms with Crippen LogP contribution in [0.2, 0.25) is 0 Å². The Hall–Kier alpha value is -2.02. The second kappa shape index (κ2) is 4.67. The summed E-state index contributed by atoms with van der Waals surface area (Å²) in [7, 11) is 3.37. The van der Waals surface area contributed by atoms with Crippen LogP contribution in [0.4, 0.5) is 0 Å². The number of aromatic amines is 1. The van der Waals surface area contributed by atoms with Crippen LogP contribution in [-0.4, -0.2) is 39.5 Å². The van der Waals surface area contributed by atoms with Crippen LogP contribution in [0, 0.1) is 0 Å². The summed E-state index contributed by atoms with van der Waals surface area (Å²) in [6.07, 6.45) is 4.83. The highest BCUT2D eigenvalue weighted by molar-refractivity contribution is 5.27. The summed E-state index contributed by atoms with van der Waals surface area (Å²) in [5.41, 5.74) is 1.42. The minimum Gasteiger partial charge on any atom is -0.480 e. The molecule has 2 heterocycles. The van der Waals surface area contributed by atoms with Crippen LogP contribution in [0.3, 0.4) is 0 Å². The standard InChI is InChI=1S/C9H12N6O/c1-10-7(6-5-13-15-14-6)8-9(16-2)12-4-3-11-8/h3-5,7,10H,1-2H3,(H,13,14,15). The SMILES string of the molecule is CNC(c1cn[nH]n1)c1nccnc1OC. The van der Waals surface area contributed by atoms with E-state index in [9.17, 15) is 0 Å². The van der Waals surface area contributed by atoms with Crippen molar-refractivity contribution in [1.29, 1.82) is 0 Å². The average Bonchev–Trinajstić information content (AvgIpc) is 2.84. The normalized spacial score (nSPS) is 12.4. The second-order valence-electron chi connectivity index (χ2n) is 3.07. The molecule has 0 aliphatic rings. The summed E-state index contributed by atoms with van der Waals surface area (Å²) in [4.78, 5) is 8.34. The number of H-pyrrole nitrogens is 1. The number of nitrogens with one attached hydrogen (secondary N) is 2. The minimum atomic E-state index is -0.192. The molecule has 0 aliphatic heterocycles. The molecule has 84 valence electrons. The van der Waals surface area contributed by atoms with E-state index in [4.69, 9.17) is 4.74 Å². The van der Waals surface area contributed by atoms with Crippen LogP contribution in [0.15, 0.2) is 18.6 Å². The predicted molar refractivity (Wildman–Crippen MR) is 55.9 cm³/mol. The van der Waals surface area contributed by atoms with Gasteiger partial charge in [0.15, 0.2) is 0 Å². The van der Waals surface area contributed by atoms with Gasteiger partial charge in [-0.05, 0) is 7.05 Å². The molecule has 0 bridgehead atoms. The summed E-state index contributed by atoms with van der Waals surface area (Å²) >= 11 is 0. The Balaban J connectivity index is 2.41. The van der Waals surface area contributed by atoms with Gasteiger partial charge in [0.25, 0.3) is 0 Å². The lowest BCUT2D eigenvalue weighted by atomic mass is 10.1. The van der Waals surface area contributed by atoms with Crippen molar-refractivity contribution in [3.8, 4) is 5.88 Å². The Morgan fingerprint density at radius 3 is 2.81 bits per heavy atom. The van der Waals surface area contributed by atoms with Gasteiger partial charge in [0, 0.05) is 12.4 Å². The van der Waals surface area contributed by atoms with E-state index < -0.39 is 0 Å². The molecule has 0 saturated carbocycles. The first-order valence-electron chi connectivity index (χ1n) is 4.74. The van der Waals surface area contributed by atoms with Gasteiger partial charge in [0.05, 0.1) is 13.3 Å². The molecule has 0 aliphatic carbocycles. The third kappa shape index (κ3) is 1.84. The Morgan fingerprint density at radius 1 is 1.38 bits per heavy atom. The summed E-state index contributed by atoms with van der Waals surface area (Å²) < 4.78 is 5.15. The topological polar surface area (TPSA) is 88.6 Å². The van der Waals surface area contributed by atoms with Crippen molar-refractivity contribution >= 4 is 0 Å². The first-order chi connectivity index (χ1) is 7.86. The molecule has 0 spiro atoms. The molecule has 1 atom stereocenters. The minimum absolute atomic E-state index is 0.192. The zero-order valence-corrected chi connectivity index (χ0v) is 9.01. The Bertz CT molecular complexity index is 443. The molecule has 16 heavy (non-hydrogen) atoms. The fourth-order valence-electron chi connectivity index (χ4n) is 1.47. The van der Waals surface area contributed by atoms with Crippen LogP contribution in [0.1, 0.15) is 17.4 Å². The van der Waals surface area contributed by atoms with Crippen molar-refractivity contribution in [2.24, 2.45) is 0 Å². The summed E-state index contributed by atoms with van der Waals surface area (Å²) in [5.74, 6) is 0.477. The molecule has 2 rings (SSSR count). The number of ether oxygens (including phenoxy) is 1. The van der Waals surface area contributed by atoms with Crippen LogP contribution in [0.5, 0.6) is 5.88 Å². The molecule has 1 unspecified atom stereocenters. The lowest BCUT2D eigenvalue weighted by molar-refractivity contribution is 0.383. The number of methoxy groups -OCH3 is 1. The largest absolute Gasteiger partial charge is 0.480 e. The van der Waals surface area contributed by atoms with Crippen molar-refractivity contribution in [2.45, 2.75) is 6.04 Å². The van der Waals surface area contributed by atoms with Crippen LogP contribution in [0.25, 0.3) is 0 Å². The summed E-state index contributed by atoms with van der Waals surface area (Å²) in [6, 6.07) is -0.192. The van der Waals surface area contributed by atoms with E-state index in [-0.39, 0.29) is 6.04 Å². The van der Waals surface area contributed by atoms with Crippen molar-refractivity contribution in [1.82, 2.24) is 30.7 Å². The van der Waals surface area contributed by atoms with E-state index in [2.05, 4.69) is 30.7 Å². The van der Waals surface area contributed by atoms with E-state index >= 15 is 0 Å². The van der Waals surface area contributed by atoms with E-state index in [0.717, 1.165) is 5.69 Å². The van der Waals surface area contributed by atoms with Crippen molar-refractivity contribution in [2.75, 3.05) is 14.2 Å². The quantitative estimate of drug-likeness (QED) is 0.748. The number of aromatic nitrogens is 5. The maximum absolute atomic E-state index is 5.15. The first kappa shape index (κ1) is 10.5. The molecular weight excluding hydrogens is 208 g/mol. The van der Waals surface area contributed by atoms with E-state index in [1.807, 2.05) is 7.05 Å². The molecule has 0 fully saturated rings. The molecule has 0 saturated heterocycles. The Morgan fingerprint density at radius 2 is 2.19 bits per heavy atom. The van der Waals surface area contributed by atoms with Crippen LogP contribution >= 0.6 is 0 Å². The second-order valence-corrected chi connectivity index (χ2v) is 3.07. The Kier molecular flexibility index (Phi) is 3.06. The van der Waals surface area contributed by atoms with Gasteiger partial charge in [-0.15, -0.1) is 0 Å². The molecule has 7 heteroatoms. The lowest BCUT2D eigenvalue weighted by Crippen LogP contribution is -2.20. The zero-order valence-electron chi connectivity index (χ0n) is 9.01. The van der Waals surface area contributed by atoms with Gasteiger partial charge in [-0.25, -0.2) is 4.98 Å². The average molecular weight is 220 g/mol. The molecule has 2 aromatic rings. The van der Waals surface area contributed by atoms with E-state index in [1.54, 1.807) is 25.7 Å². The summed E-state index contributed by atoms with van der Waals surface area (Å²) in [6.45, 7) is 0. The van der Waals surface area contributed by atoms with E-state index in [1.165, 1.54) is 0 Å². The fourth-order valence-corrected chi connectivity index (χ4v) is 1.47.